The van der Waals surface area contributed by atoms with E-state index in [-0.39, 0.29) is 12.5 Å². The van der Waals surface area contributed by atoms with Crippen molar-refractivity contribution in [1.29, 1.82) is 0 Å². The number of hydrogen-bond donors (Lipinski definition) is 2. The van der Waals surface area contributed by atoms with E-state index in [2.05, 4.69) is 9.97 Å². The maximum absolute atomic E-state index is 12.6. The second kappa shape index (κ2) is 7.72. The summed E-state index contributed by atoms with van der Waals surface area (Å²) in [4.78, 5) is 26.6. The second-order valence-electron chi connectivity index (χ2n) is 6.80. The minimum Gasteiger partial charge on any atom is -0.392 e. The molecule has 0 saturated carbocycles. The normalized spacial score (nSPS) is 13.4. The highest BCUT2D eigenvalue weighted by molar-refractivity contribution is 5.76. The van der Waals surface area contributed by atoms with Crippen LogP contribution in [0.15, 0.2) is 48.8 Å². The van der Waals surface area contributed by atoms with Crippen molar-refractivity contribution in [3.8, 4) is 11.4 Å². The first-order valence-corrected chi connectivity index (χ1v) is 9.17. The van der Waals surface area contributed by atoms with Crippen LogP contribution < -0.4 is 0 Å². The molecule has 0 atom stereocenters. The summed E-state index contributed by atoms with van der Waals surface area (Å²) in [6.45, 7) is 1.27. The van der Waals surface area contributed by atoms with Crippen LogP contribution in [0.5, 0.6) is 0 Å². The zero-order chi connectivity index (χ0) is 18.6. The summed E-state index contributed by atoms with van der Waals surface area (Å²) in [6, 6.07) is 11.6. The zero-order valence-corrected chi connectivity index (χ0v) is 15.1. The topological polar surface area (TPSA) is 82.1 Å². The lowest BCUT2D eigenvalue weighted by atomic mass is 10.1. The van der Waals surface area contributed by atoms with Gasteiger partial charge < -0.3 is 15.0 Å². The first-order chi connectivity index (χ1) is 13.2. The van der Waals surface area contributed by atoms with E-state index in [4.69, 9.17) is 4.98 Å². The Balaban J connectivity index is 1.43. The number of imidazole rings is 1. The Kier molecular flexibility index (Phi) is 4.98. The number of aliphatic hydroxyl groups excluding tert-OH is 1. The summed E-state index contributed by atoms with van der Waals surface area (Å²) >= 11 is 0. The standard InChI is InChI=1S/C21H22N4O2/c26-14-16-3-1-5-17(11-16)21-23-18-8-10-25(13-19(18)24-21)20(27)7-6-15-4-2-9-22-12-15/h1-5,9,11-12,26H,6-8,10,13-14H2,(H,23,24). The minimum atomic E-state index is 0.00742. The predicted molar refractivity (Wildman–Crippen MR) is 102 cm³/mol. The van der Waals surface area contributed by atoms with Crippen molar-refractivity contribution >= 4 is 5.91 Å². The quantitative estimate of drug-likeness (QED) is 0.731. The molecule has 1 aliphatic rings. The number of fused-ring (bicyclic) bond motifs is 1. The third kappa shape index (κ3) is 3.90. The Morgan fingerprint density at radius 1 is 1.22 bits per heavy atom. The molecule has 1 aromatic carbocycles. The van der Waals surface area contributed by atoms with E-state index in [0.29, 0.717) is 25.9 Å². The molecule has 4 rings (SSSR count). The number of carbonyl (C=O) groups is 1. The number of nitrogens with one attached hydrogen (secondary N) is 1. The highest BCUT2D eigenvalue weighted by atomic mass is 16.3. The summed E-state index contributed by atoms with van der Waals surface area (Å²) in [6.07, 6.45) is 5.50. The van der Waals surface area contributed by atoms with Gasteiger partial charge in [-0.25, -0.2) is 4.98 Å². The van der Waals surface area contributed by atoms with E-state index in [1.165, 1.54) is 0 Å². The second-order valence-corrected chi connectivity index (χ2v) is 6.80. The maximum atomic E-state index is 12.6. The van der Waals surface area contributed by atoms with Crippen molar-refractivity contribution in [3.63, 3.8) is 0 Å². The SMILES string of the molecule is O=C(CCc1cccnc1)N1CCc2nc(-c3cccc(CO)c3)[nH]c2C1. The fraction of sp³-hybridized carbons (Fsp3) is 0.286. The molecule has 1 aliphatic heterocycles. The fourth-order valence-electron chi connectivity index (χ4n) is 3.42. The number of nitrogens with zero attached hydrogens (tertiary/aromatic N) is 3. The molecule has 2 N–H and O–H groups in total. The molecule has 0 fully saturated rings. The fourth-order valence-corrected chi connectivity index (χ4v) is 3.42. The molecular weight excluding hydrogens is 340 g/mol. The molecule has 0 bridgehead atoms. The van der Waals surface area contributed by atoms with Gasteiger partial charge in [0.15, 0.2) is 0 Å². The Morgan fingerprint density at radius 3 is 2.93 bits per heavy atom. The number of carbonyl (C=O) groups excluding carboxylic acids is 1. The number of rotatable bonds is 5. The summed E-state index contributed by atoms with van der Waals surface area (Å²) in [5, 5.41) is 9.32. The van der Waals surface area contributed by atoms with Crippen molar-refractivity contribution in [3.05, 3.63) is 71.3 Å². The van der Waals surface area contributed by atoms with Crippen LogP contribution in [0.2, 0.25) is 0 Å². The summed E-state index contributed by atoms with van der Waals surface area (Å²) < 4.78 is 0. The van der Waals surface area contributed by atoms with Crippen LogP contribution in [0, 0.1) is 0 Å². The molecule has 6 nitrogen and oxygen atoms in total. The third-order valence-corrected chi connectivity index (χ3v) is 4.92. The number of hydrogen-bond acceptors (Lipinski definition) is 4. The predicted octanol–water partition coefficient (Wildman–Crippen LogP) is 2.48. The van der Waals surface area contributed by atoms with Crippen molar-refractivity contribution in [2.45, 2.75) is 32.4 Å². The Bertz CT molecular complexity index is 936. The molecule has 6 heteroatoms. The molecule has 27 heavy (non-hydrogen) atoms. The number of aromatic nitrogens is 3. The van der Waals surface area contributed by atoms with Gasteiger partial charge in [-0.15, -0.1) is 0 Å². The van der Waals surface area contributed by atoms with Gasteiger partial charge in [0.05, 0.1) is 24.5 Å². The first-order valence-electron chi connectivity index (χ1n) is 9.17. The van der Waals surface area contributed by atoms with Crippen molar-refractivity contribution < 1.29 is 9.90 Å². The first kappa shape index (κ1) is 17.4. The zero-order valence-electron chi connectivity index (χ0n) is 15.1. The largest absolute Gasteiger partial charge is 0.392 e. The highest BCUT2D eigenvalue weighted by Gasteiger charge is 2.23. The van der Waals surface area contributed by atoms with Crippen LogP contribution in [0.3, 0.4) is 0 Å². The van der Waals surface area contributed by atoms with Gasteiger partial charge in [-0.05, 0) is 29.7 Å². The van der Waals surface area contributed by atoms with Gasteiger partial charge in [-0.1, -0.05) is 24.3 Å². The van der Waals surface area contributed by atoms with Gasteiger partial charge in [-0.2, -0.15) is 0 Å². The number of aromatic amines is 1. The molecule has 0 saturated heterocycles. The highest BCUT2D eigenvalue weighted by Crippen LogP contribution is 2.24. The maximum Gasteiger partial charge on any atom is 0.223 e. The van der Waals surface area contributed by atoms with Crippen LogP contribution in [-0.2, 0) is 30.8 Å². The molecule has 0 aliphatic carbocycles. The average Bonchev–Trinajstić information content (AvgIpc) is 3.16. The smallest absolute Gasteiger partial charge is 0.223 e. The number of benzene rings is 1. The number of aryl methyl sites for hydroxylation is 1. The van der Waals surface area contributed by atoms with Crippen molar-refractivity contribution in [2.24, 2.45) is 0 Å². The summed E-state index contributed by atoms with van der Waals surface area (Å²) in [7, 11) is 0. The number of aliphatic hydroxyl groups is 1. The molecule has 1 amide bonds. The van der Waals surface area contributed by atoms with Gasteiger partial charge in [0, 0.05) is 37.3 Å². The number of amides is 1. The third-order valence-electron chi connectivity index (χ3n) is 4.92. The van der Waals surface area contributed by atoms with Crippen LogP contribution >= 0.6 is 0 Å². The van der Waals surface area contributed by atoms with E-state index in [9.17, 15) is 9.90 Å². The molecule has 0 unspecified atom stereocenters. The molecule has 138 valence electrons. The van der Waals surface area contributed by atoms with E-state index >= 15 is 0 Å². The van der Waals surface area contributed by atoms with Crippen LogP contribution in [-0.4, -0.2) is 37.4 Å². The van der Waals surface area contributed by atoms with Gasteiger partial charge >= 0.3 is 0 Å². The average molecular weight is 362 g/mol. The lowest BCUT2D eigenvalue weighted by molar-refractivity contribution is -0.132. The molecular formula is C21H22N4O2. The van der Waals surface area contributed by atoms with Gasteiger partial charge in [0.25, 0.3) is 0 Å². The summed E-state index contributed by atoms with van der Waals surface area (Å²) in [5.74, 6) is 0.947. The van der Waals surface area contributed by atoms with E-state index in [1.54, 1.807) is 6.20 Å². The van der Waals surface area contributed by atoms with Gasteiger partial charge in [0.1, 0.15) is 5.82 Å². The lowest BCUT2D eigenvalue weighted by Gasteiger charge is -2.26. The Morgan fingerprint density at radius 2 is 2.11 bits per heavy atom. The van der Waals surface area contributed by atoms with Crippen LogP contribution in [0.4, 0.5) is 0 Å². The van der Waals surface area contributed by atoms with Crippen molar-refractivity contribution in [1.82, 2.24) is 19.9 Å². The van der Waals surface area contributed by atoms with E-state index in [1.807, 2.05) is 47.5 Å². The molecule has 2 aromatic heterocycles. The van der Waals surface area contributed by atoms with Gasteiger partial charge in [0.2, 0.25) is 5.91 Å². The van der Waals surface area contributed by atoms with Crippen LogP contribution in [0.25, 0.3) is 11.4 Å². The molecule has 0 radical (unpaired) electrons. The van der Waals surface area contributed by atoms with E-state index in [0.717, 1.165) is 40.3 Å². The Hall–Kier alpha value is -2.99. The van der Waals surface area contributed by atoms with E-state index < -0.39 is 0 Å². The lowest BCUT2D eigenvalue weighted by Crippen LogP contribution is -2.36. The number of H-pyrrole nitrogens is 1. The Labute approximate surface area is 157 Å². The molecule has 3 aromatic rings. The summed E-state index contributed by atoms with van der Waals surface area (Å²) in [5.41, 5.74) is 4.91. The molecule has 3 heterocycles. The minimum absolute atomic E-state index is 0.00742. The van der Waals surface area contributed by atoms with Gasteiger partial charge in [-0.3, -0.25) is 9.78 Å². The number of pyridine rings is 1. The molecule has 0 spiro atoms. The monoisotopic (exact) mass is 362 g/mol. The van der Waals surface area contributed by atoms with Crippen molar-refractivity contribution in [2.75, 3.05) is 6.54 Å². The van der Waals surface area contributed by atoms with Crippen LogP contribution in [0.1, 0.15) is 28.9 Å².